The summed E-state index contributed by atoms with van der Waals surface area (Å²) in [5.41, 5.74) is 8.38. The van der Waals surface area contributed by atoms with E-state index < -0.39 is 0 Å². The first kappa shape index (κ1) is 17.8. The highest BCUT2D eigenvalue weighted by atomic mass is 16.5. The van der Waals surface area contributed by atoms with Crippen molar-refractivity contribution in [2.75, 3.05) is 18.8 Å². The van der Waals surface area contributed by atoms with E-state index in [1.54, 1.807) is 12.1 Å². The van der Waals surface area contributed by atoms with E-state index in [1.807, 2.05) is 4.57 Å². The van der Waals surface area contributed by atoms with Gasteiger partial charge in [-0.25, -0.2) is 9.97 Å². The molecule has 1 aliphatic carbocycles. The molecular weight excluding hydrogens is 382 g/mol. The van der Waals surface area contributed by atoms with E-state index >= 15 is 0 Å². The van der Waals surface area contributed by atoms with Crippen LogP contribution in [0.4, 0.5) is 5.82 Å². The summed E-state index contributed by atoms with van der Waals surface area (Å²) in [7, 11) is 0. The molecule has 0 unspecified atom stereocenters. The minimum Gasteiger partial charge on any atom is -0.384 e. The molecule has 2 N–H and O–H groups in total. The fourth-order valence-electron chi connectivity index (χ4n) is 4.89. The van der Waals surface area contributed by atoms with Gasteiger partial charge in [-0.15, -0.1) is 0 Å². The lowest BCUT2D eigenvalue weighted by Gasteiger charge is -2.42. The lowest BCUT2D eigenvalue weighted by atomic mass is 9.82. The van der Waals surface area contributed by atoms with Gasteiger partial charge in [0.2, 0.25) is 5.89 Å². The van der Waals surface area contributed by atoms with E-state index in [9.17, 15) is 4.79 Å². The Labute approximate surface area is 172 Å². The molecule has 2 bridgehead atoms. The first-order valence-electron chi connectivity index (χ1n) is 10.5. The summed E-state index contributed by atoms with van der Waals surface area (Å²) >= 11 is 0. The molecule has 154 valence electrons. The first-order chi connectivity index (χ1) is 14.6. The predicted molar refractivity (Wildman–Crippen MR) is 109 cm³/mol. The summed E-state index contributed by atoms with van der Waals surface area (Å²) in [5.74, 6) is 3.16. The summed E-state index contributed by atoms with van der Waals surface area (Å²) in [4.78, 5) is 28.1. The maximum atomic E-state index is 12.9. The van der Waals surface area contributed by atoms with Gasteiger partial charge in [-0.2, -0.15) is 4.98 Å². The third-order valence-corrected chi connectivity index (χ3v) is 6.39. The van der Waals surface area contributed by atoms with Gasteiger partial charge in [-0.3, -0.25) is 9.69 Å². The number of nitrogens with zero attached hydrogens (tertiary/aromatic N) is 6. The maximum absolute atomic E-state index is 12.9. The van der Waals surface area contributed by atoms with Crippen LogP contribution in [0.2, 0.25) is 0 Å². The summed E-state index contributed by atoms with van der Waals surface area (Å²) < 4.78 is 7.35. The quantitative estimate of drug-likeness (QED) is 0.698. The molecule has 1 saturated carbocycles. The van der Waals surface area contributed by atoms with E-state index in [2.05, 4.69) is 31.1 Å². The van der Waals surface area contributed by atoms with Crippen LogP contribution in [-0.2, 0) is 13.1 Å². The minimum absolute atomic E-state index is 0.0232. The second-order valence-electron chi connectivity index (χ2n) is 8.76. The van der Waals surface area contributed by atoms with Crippen molar-refractivity contribution in [2.45, 2.75) is 44.2 Å². The summed E-state index contributed by atoms with van der Waals surface area (Å²) in [6, 6.07) is 5.45. The van der Waals surface area contributed by atoms with Crippen molar-refractivity contribution in [1.82, 2.24) is 29.6 Å². The van der Waals surface area contributed by atoms with Gasteiger partial charge >= 0.3 is 0 Å². The molecule has 2 atom stereocenters. The largest absolute Gasteiger partial charge is 0.384 e. The fraction of sp³-hybridized carbons (Fsp3) is 0.476. The first-order valence-corrected chi connectivity index (χ1v) is 10.5. The zero-order valence-corrected chi connectivity index (χ0v) is 16.6. The van der Waals surface area contributed by atoms with Crippen LogP contribution in [0.25, 0.3) is 11.3 Å². The Hall–Kier alpha value is -3.07. The minimum atomic E-state index is 0.0232. The highest BCUT2D eigenvalue weighted by molar-refractivity contribution is 5.61. The Morgan fingerprint density at radius 3 is 2.83 bits per heavy atom. The molecule has 0 spiro atoms. The second kappa shape index (κ2) is 6.73. The molecule has 2 aliphatic heterocycles. The number of anilines is 1. The zero-order chi connectivity index (χ0) is 20.2. The van der Waals surface area contributed by atoms with Crippen LogP contribution < -0.4 is 11.3 Å². The number of aromatic nitrogens is 5. The molecule has 6 rings (SSSR count). The van der Waals surface area contributed by atoms with Crippen LogP contribution in [0.1, 0.15) is 48.5 Å². The van der Waals surface area contributed by atoms with Gasteiger partial charge in [0.1, 0.15) is 12.1 Å². The molecule has 0 aromatic carbocycles. The van der Waals surface area contributed by atoms with Gasteiger partial charge in [0.05, 0.1) is 12.2 Å². The number of hydrogen-bond donors (Lipinski definition) is 1. The van der Waals surface area contributed by atoms with Crippen LogP contribution in [-0.4, -0.2) is 42.7 Å². The third-order valence-electron chi connectivity index (χ3n) is 6.39. The molecule has 9 heteroatoms. The van der Waals surface area contributed by atoms with Gasteiger partial charge in [-0.1, -0.05) is 5.16 Å². The molecule has 0 amide bonds. The monoisotopic (exact) mass is 405 g/mol. The van der Waals surface area contributed by atoms with Crippen LogP contribution in [0.3, 0.4) is 0 Å². The van der Waals surface area contributed by atoms with Crippen molar-refractivity contribution in [2.24, 2.45) is 5.92 Å². The predicted octanol–water partition coefficient (Wildman–Crippen LogP) is 1.77. The third kappa shape index (κ3) is 3.19. The average Bonchev–Trinajstić information content (AvgIpc) is 3.48. The van der Waals surface area contributed by atoms with Crippen molar-refractivity contribution in [3.05, 3.63) is 52.3 Å². The van der Waals surface area contributed by atoms with Crippen molar-refractivity contribution in [3.8, 4) is 11.3 Å². The molecule has 30 heavy (non-hydrogen) atoms. The number of nitrogen functional groups attached to an aromatic ring is 1. The highest BCUT2D eigenvalue weighted by Gasteiger charge is 2.36. The Morgan fingerprint density at radius 1 is 1.10 bits per heavy atom. The molecule has 9 nitrogen and oxygen atoms in total. The number of fused-ring (bicyclic) bond motifs is 4. The van der Waals surface area contributed by atoms with Crippen molar-refractivity contribution in [1.29, 1.82) is 0 Å². The van der Waals surface area contributed by atoms with Crippen molar-refractivity contribution < 1.29 is 4.52 Å². The van der Waals surface area contributed by atoms with Crippen LogP contribution in [0, 0.1) is 5.92 Å². The molecule has 1 saturated heterocycles. The van der Waals surface area contributed by atoms with Crippen LogP contribution in [0.5, 0.6) is 0 Å². The SMILES string of the molecule is Nc1cc(-c2cc3n(c(=O)c2)C[C@H]2C[C@@H]3CN(Cc3noc(C4CC4)n3)C2)ncn1. The Morgan fingerprint density at radius 2 is 2.00 bits per heavy atom. The lowest BCUT2D eigenvalue weighted by molar-refractivity contribution is 0.111. The smallest absolute Gasteiger partial charge is 0.251 e. The van der Waals surface area contributed by atoms with Gasteiger partial charge < -0.3 is 14.8 Å². The molecule has 2 fully saturated rings. The fourth-order valence-corrected chi connectivity index (χ4v) is 4.89. The normalized spacial score (nSPS) is 23.3. The topological polar surface area (TPSA) is 116 Å². The second-order valence-corrected chi connectivity index (χ2v) is 8.76. The highest BCUT2D eigenvalue weighted by Crippen LogP contribution is 2.39. The number of pyridine rings is 1. The molecule has 3 aromatic rings. The molecule has 3 aromatic heterocycles. The molecule has 3 aliphatic rings. The number of hydrogen-bond acceptors (Lipinski definition) is 8. The number of likely N-dealkylation sites (tertiary alicyclic amines) is 1. The van der Waals surface area contributed by atoms with Crippen molar-refractivity contribution >= 4 is 5.82 Å². The number of piperidine rings is 1. The summed E-state index contributed by atoms with van der Waals surface area (Å²) in [6.45, 7) is 3.25. The van der Waals surface area contributed by atoms with E-state index in [0.717, 1.165) is 61.9 Å². The number of nitrogens with two attached hydrogens (primary N) is 1. The Bertz CT molecular complexity index is 1170. The molecule has 5 heterocycles. The standard InChI is InChI=1S/C21H23N7O2/c22-18-6-16(23-11-24-18)14-4-17-15-3-12(8-28(17)20(29)5-14)7-27(9-15)10-19-25-21(30-26-19)13-1-2-13/h4-6,11-13,15H,1-3,7-10H2,(H2,22,23,24)/t12-,15+/m0/s1. The molecule has 0 radical (unpaired) electrons. The summed E-state index contributed by atoms with van der Waals surface area (Å²) in [6.07, 6.45) is 4.83. The van der Waals surface area contributed by atoms with E-state index in [1.165, 1.54) is 6.33 Å². The zero-order valence-electron chi connectivity index (χ0n) is 16.6. The average molecular weight is 405 g/mol. The van der Waals surface area contributed by atoms with Crippen LogP contribution in [0.15, 0.2) is 33.8 Å². The Kier molecular flexibility index (Phi) is 3.98. The Balaban J connectivity index is 1.28. The number of rotatable bonds is 4. The lowest BCUT2D eigenvalue weighted by Crippen LogP contribution is -2.46. The summed E-state index contributed by atoms with van der Waals surface area (Å²) in [5, 5.41) is 4.18. The van der Waals surface area contributed by atoms with Gasteiger partial charge in [0.25, 0.3) is 5.56 Å². The van der Waals surface area contributed by atoms with E-state index in [0.29, 0.717) is 35.8 Å². The van der Waals surface area contributed by atoms with Crippen molar-refractivity contribution in [3.63, 3.8) is 0 Å². The van der Waals surface area contributed by atoms with Gasteiger partial charge in [-0.05, 0) is 31.2 Å². The molecular formula is C21H23N7O2. The van der Waals surface area contributed by atoms with Gasteiger partial charge in [0, 0.05) is 54.9 Å². The van der Waals surface area contributed by atoms with Gasteiger partial charge in [0.15, 0.2) is 5.82 Å². The van der Waals surface area contributed by atoms with Crippen LogP contribution >= 0.6 is 0 Å². The van der Waals surface area contributed by atoms with E-state index in [4.69, 9.17) is 10.3 Å². The van der Waals surface area contributed by atoms with E-state index in [-0.39, 0.29) is 5.56 Å². The maximum Gasteiger partial charge on any atom is 0.251 e.